The van der Waals surface area contributed by atoms with Crippen LogP contribution in [0.15, 0.2) is 48.5 Å². The first kappa shape index (κ1) is 21.1. The SMILES string of the molecule is CC[C@H](Oc1ccccc1OC)C(=O)NCc1cccc(CN2CCOCC2)c1. The van der Waals surface area contributed by atoms with Gasteiger partial charge in [0.2, 0.25) is 0 Å². The van der Waals surface area contributed by atoms with Gasteiger partial charge in [-0.05, 0) is 29.7 Å². The van der Waals surface area contributed by atoms with E-state index in [0.29, 0.717) is 24.5 Å². The Bertz CT molecular complexity index is 790. The van der Waals surface area contributed by atoms with Crippen molar-refractivity contribution in [2.75, 3.05) is 33.4 Å². The zero-order chi connectivity index (χ0) is 20.5. The smallest absolute Gasteiger partial charge is 0.261 e. The van der Waals surface area contributed by atoms with Crippen LogP contribution in [0.4, 0.5) is 0 Å². The van der Waals surface area contributed by atoms with Crippen molar-refractivity contribution in [1.82, 2.24) is 10.2 Å². The molecule has 2 aromatic carbocycles. The summed E-state index contributed by atoms with van der Waals surface area (Å²) in [7, 11) is 1.59. The standard InChI is InChI=1S/C23H30N2O4/c1-3-20(29-22-10-5-4-9-21(22)27-2)23(26)24-16-18-7-6-8-19(15-18)17-25-11-13-28-14-12-25/h4-10,15,20H,3,11-14,16-17H2,1-2H3,(H,24,26)/t20-/m0/s1. The van der Waals surface area contributed by atoms with Gasteiger partial charge < -0.3 is 19.5 Å². The summed E-state index contributed by atoms with van der Waals surface area (Å²) < 4.78 is 16.6. The molecule has 1 atom stereocenters. The molecule has 1 aliphatic heterocycles. The second kappa shape index (κ2) is 10.8. The molecule has 1 saturated heterocycles. The summed E-state index contributed by atoms with van der Waals surface area (Å²) in [6.45, 7) is 6.81. The van der Waals surface area contributed by atoms with Gasteiger partial charge in [0.05, 0.1) is 20.3 Å². The van der Waals surface area contributed by atoms with Crippen molar-refractivity contribution < 1.29 is 19.0 Å². The number of morpholine rings is 1. The highest BCUT2D eigenvalue weighted by atomic mass is 16.5. The highest BCUT2D eigenvalue weighted by Crippen LogP contribution is 2.27. The van der Waals surface area contributed by atoms with Crippen LogP contribution in [0, 0.1) is 0 Å². The van der Waals surface area contributed by atoms with E-state index in [-0.39, 0.29) is 5.91 Å². The van der Waals surface area contributed by atoms with E-state index in [4.69, 9.17) is 14.2 Å². The average molecular weight is 399 g/mol. The molecule has 29 heavy (non-hydrogen) atoms. The number of para-hydroxylation sites is 2. The quantitative estimate of drug-likeness (QED) is 0.704. The maximum atomic E-state index is 12.7. The third-order valence-corrected chi connectivity index (χ3v) is 4.97. The third-order valence-electron chi connectivity index (χ3n) is 4.97. The number of benzene rings is 2. The molecule has 0 saturated carbocycles. The average Bonchev–Trinajstić information content (AvgIpc) is 2.77. The van der Waals surface area contributed by atoms with Crippen molar-refractivity contribution in [3.63, 3.8) is 0 Å². The van der Waals surface area contributed by atoms with E-state index >= 15 is 0 Å². The molecule has 156 valence electrons. The number of hydrogen-bond donors (Lipinski definition) is 1. The third kappa shape index (κ3) is 6.21. The summed E-state index contributed by atoms with van der Waals surface area (Å²) in [5, 5.41) is 3.00. The van der Waals surface area contributed by atoms with Crippen LogP contribution < -0.4 is 14.8 Å². The molecule has 6 heteroatoms. The van der Waals surface area contributed by atoms with E-state index in [1.54, 1.807) is 7.11 Å². The summed E-state index contributed by atoms with van der Waals surface area (Å²) >= 11 is 0. The lowest BCUT2D eigenvalue weighted by atomic mass is 10.1. The number of ether oxygens (including phenoxy) is 3. The van der Waals surface area contributed by atoms with Gasteiger partial charge in [0.1, 0.15) is 0 Å². The number of carbonyl (C=O) groups is 1. The molecule has 0 unspecified atom stereocenters. The van der Waals surface area contributed by atoms with Crippen molar-refractivity contribution in [3.05, 3.63) is 59.7 Å². The van der Waals surface area contributed by atoms with Crippen LogP contribution in [0.3, 0.4) is 0 Å². The fourth-order valence-electron chi connectivity index (χ4n) is 3.35. The Morgan fingerprint density at radius 1 is 1.10 bits per heavy atom. The van der Waals surface area contributed by atoms with Gasteiger partial charge >= 0.3 is 0 Å². The molecule has 0 bridgehead atoms. The Kier molecular flexibility index (Phi) is 7.90. The molecular weight excluding hydrogens is 368 g/mol. The molecule has 1 N–H and O–H groups in total. The summed E-state index contributed by atoms with van der Waals surface area (Å²) in [6.07, 6.45) is 0.00357. The van der Waals surface area contributed by atoms with Gasteiger partial charge in [-0.3, -0.25) is 9.69 Å². The fraction of sp³-hybridized carbons (Fsp3) is 0.435. The monoisotopic (exact) mass is 398 g/mol. The normalized spacial score (nSPS) is 15.5. The molecule has 1 aliphatic rings. The zero-order valence-corrected chi connectivity index (χ0v) is 17.2. The van der Waals surface area contributed by atoms with Crippen LogP contribution in [0.5, 0.6) is 11.5 Å². The van der Waals surface area contributed by atoms with E-state index in [1.807, 2.05) is 43.3 Å². The number of hydrogen-bond acceptors (Lipinski definition) is 5. The van der Waals surface area contributed by atoms with Crippen molar-refractivity contribution in [1.29, 1.82) is 0 Å². The predicted octanol–water partition coefficient (Wildman–Crippen LogP) is 3.00. The van der Waals surface area contributed by atoms with E-state index in [9.17, 15) is 4.79 Å². The Hall–Kier alpha value is -2.57. The van der Waals surface area contributed by atoms with Gasteiger partial charge in [0.15, 0.2) is 17.6 Å². The van der Waals surface area contributed by atoms with Crippen LogP contribution in [0.25, 0.3) is 0 Å². The molecule has 1 heterocycles. The molecule has 1 amide bonds. The molecule has 2 aromatic rings. The summed E-state index contributed by atoms with van der Waals surface area (Å²) in [4.78, 5) is 15.0. The first-order valence-corrected chi connectivity index (χ1v) is 10.1. The van der Waals surface area contributed by atoms with Crippen LogP contribution >= 0.6 is 0 Å². The second-order valence-corrected chi connectivity index (χ2v) is 7.09. The lowest BCUT2D eigenvalue weighted by molar-refractivity contribution is -0.128. The minimum absolute atomic E-state index is 0.128. The van der Waals surface area contributed by atoms with E-state index in [0.717, 1.165) is 38.4 Å². The largest absolute Gasteiger partial charge is 0.493 e. The fourth-order valence-corrected chi connectivity index (χ4v) is 3.35. The first-order valence-electron chi connectivity index (χ1n) is 10.1. The lowest BCUT2D eigenvalue weighted by Gasteiger charge is -2.26. The number of nitrogens with zero attached hydrogens (tertiary/aromatic N) is 1. The first-order chi connectivity index (χ1) is 14.2. The van der Waals surface area contributed by atoms with Crippen LogP contribution in [-0.2, 0) is 22.6 Å². The van der Waals surface area contributed by atoms with E-state index in [2.05, 4.69) is 22.3 Å². The Labute approximate surface area is 172 Å². The molecule has 0 spiro atoms. The van der Waals surface area contributed by atoms with E-state index < -0.39 is 6.10 Å². The van der Waals surface area contributed by atoms with Crippen molar-refractivity contribution in [2.24, 2.45) is 0 Å². The number of carbonyl (C=O) groups excluding carboxylic acids is 1. The lowest BCUT2D eigenvalue weighted by Crippen LogP contribution is -2.37. The highest BCUT2D eigenvalue weighted by Gasteiger charge is 2.20. The Morgan fingerprint density at radius 3 is 2.55 bits per heavy atom. The van der Waals surface area contributed by atoms with Gasteiger partial charge in [0, 0.05) is 26.2 Å². The number of rotatable bonds is 9. The summed E-state index contributed by atoms with van der Waals surface area (Å²) in [6, 6.07) is 15.7. The van der Waals surface area contributed by atoms with Gasteiger partial charge in [-0.2, -0.15) is 0 Å². The Morgan fingerprint density at radius 2 is 1.83 bits per heavy atom. The molecular formula is C23H30N2O4. The zero-order valence-electron chi connectivity index (χ0n) is 17.2. The Balaban J connectivity index is 1.55. The summed E-state index contributed by atoms with van der Waals surface area (Å²) in [5.74, 6) is 1.07. The maximum Gasteiger partial charge on any atom is 0.261 e. The van der Waals surface area contributed by atoms with E-state index in [1.165, 1.54) is 5.56 Å². The van der Waals surface area contributed by atoms with Crippen molar-refractivity contribution in [2.45, 2.75) is 32.5 Å². The predicted molar refractivity (Wildman–Crippen MR) is 112 cm³/mol. The molecule has 0 radical (unpaired) electrons. The van der Waals surface area contributed by atoms with Gasteiger partial charge in [-0.1, -0.05) is 43.3 Å². The minimum atomic E-state index is -0.567. The van der Waals surface area contributed by atoms with Gasteiger partial charge in [0.25, 0.3) is 5.91 Å². The number of amides is 1. The van der Waals surface area contributed by atoms with Gasteiger partial charge in [-0.15, -0.1) is 0 Å². The molecule has 0 aromatic heterocycles. The minimum Gasteiger partial charge on any atom is -0.493 e. The van der Waals surface area contributed by atoms with Gasteiger partial charge in [-0.25, -0.2) is 0 Å². The molecule has 3 rings (SSSR count). The van der Waals surface area contributed by atoms with Crippen molar-refractivity contribution in [3.8, 4) is 11.5 Å². The van der Waals surface area contributed by atoms with Crippen LogP contribution in [-0.4, -0.2) is 50.3 Å². The second-order valence-electron chi connectivity index (χ2n) is 7.09. The molecule has 1 fully saturated rings. The maximum absolute atomic E-state index is 12.7. The van der Waals surface area contributed by atoms with Crippen molar-refractivity contribution >= 4 is 5.91 Å². The highest BCUT2D eigenvalue weighted by molar-refractivity contribution is 5.81. The number of methoxy groups -OCH3 is 1. The molecule has 6 nitrogen and oxygen atoms in total. The molecule has 0 aliphatic carbocycles. The van der Waals surface area contributed by atoms with Crippen LogP contribution in [0.2, 0.25) is 0 Å². The number of nitrogens with one attached hydrogen (secondary N) is 1. The summed E-state index contributed by atoms with van der Waals surface area (Å²) in [5.41, 5.74) is 2.33. The topological polar surface area (TPSA) is 60.0 Å². The van der Waals surface area contributed by atoms with Crippen LogP contribution in [0.1, 0.15) is 24.5 Å².